The fraction of sp³-hybridized carbons (Fsp3) is 0.364. The first-order valence-electron chi connectivity index (χ1n) is 4.55. The van der Waals surface area contributed by atoms with E-state index in [1.807, 2.05) is 24.5 Å². The van der Waals surface area contributed by atoms with E-state index >= 15 is 0 Å². The maximum absolute atomic E-state index is 11.4. The third-order valence-electron chi connectivity index (χ3n) is 1.74. The largest absolute Gasteiger partial charge is 0.462 e. The van der Waals surface area contributed by atoms with Gasteiger partial charge in [-0.2, -0.15) is 11.8 Å². The molecule has 1 rings (SSSR count). The minimum absolute atomic E-state index is 0.230. The molecule has 0 fully saturated rings. The quantitative estimate of drug-likeness (QED) is 0.552. The monoisotopic (exact) mass is 210 g/mol. The predicted octanol–water partition coefficient (Wildman–Crippen LogP) is 2.60. The molecule has 2 nitrogen and oxygen atoms in total. The van der Waals surface area contributed by atoms with Gasteiger partial charge >= 0.3 is 5.97 Å². The first-order valence-corrected chi connectivity index (χ1v) is 5.95. The molecule has 0 bridgehead atoms. The Morgan fingerprint density at radius 2 is 2.07 bits per heavy atom. The van der Waals surface area contributed by atoms with Crippen LogP contribution in [0.25, 0.3) is 0 Å². The van der Waals surface area contributed by atoms with E-state index in [2.05, 4.69) is 0 Å². The molecule has 1 aromatic rings. The van der Waals surface area contributed by atoms with Crippen molar-refractivity contribution in [2.75, 3.05) is 18.6 Å². The maximum atomic E-state index is 11.4. The van der Waals surface area contributed by atoms with Crippen molar-refractivity contribution >= 4 is 17.7 Å². The highest BCUT2D eigenvalue weighted by Gasteiger charge is 2.04. The Morgan fingerprint density at radius 3 is 2.71 bits per heavy atom. The van der Waals surface area contributed by atoms with Gasteiger partial charge < -0.3 is 4.74 Å². The normalized spacial score (nSPS) is 9.79. The van der Waals surface area contributed by atoms with Gasteiger partial charge in [-0.1, -0.05) is 18.2 Å². The van der Waals surface area contributed by atoms with Crippen LogP contribution < -0.4 is 0 Å². The molecule has 0 radical (unpaired) electrons. The fourth-order valence-corrected chi connectivity index (χ4v) is 1.43. The average molecular weight is 210 g/mol. The van der Waals surface area contributed by atoms with E-state index in [0.29, 0.717) is 12.2 Å². The third-order valence-corrected chi connectivity index (χ3v) is 2.43. The number of thioether (sulfide) groups is 1. The zero-order valence-electron chi connectivity index (χ0n) is 8.23. The standard InChI is InChI=1S/C11H14O2S/c1-14-9-5-8-13-11(12)10-6-3-2-4-7-10/h2-4,6-7H,5,8-9H2,1H3. The summed E-state index contributed by atoms with van der Waals surface area (Å²) in [5, 5.41) is 0. The number of esters is 1. The highest BCUT2D eigenvalue weighted by molar-refractivity contribution is 7.98. The van der Waals surface area contributed by atoms with E-state index in [4.69, 9.17) is 4.74 Å². The van der Waals surface area contributed by atoms with Gasteiger partial charge in [0.1, 0.15) is 0 Å². The second kappa shape index (κ2) is 6.49. The van der Waals surface area contributed by atoms with Gasteiger partial charge in [0.2, 0.25) is 0 Å². The molecule has 0 unspecified atom stereocenters. The molecule has 0 aliphatic heterocycles. The molecule has 0 amide bonds. The lowest BCUT2D eigenvalue weighted by molar-refractivity contribution is 0.0506. The molecule has 0 saturated carbocycles. The molecule has 0 aromatic heterocycles. The van der Waals surface area contributed by atoms with Crippen molar-refractivity contribution in [1.29, 1.82) is 0 Å². The number of ether oxygens (including phenoxy) is 1. The summed E-state index contributed by atoms with van der Waals surface area (Å²) in [6, 6.07) is 9.06. The van der Waals surface area contributed by atoms with Crippen molar-refractivity contribution in [1.82, 2.24) is 0 Å². The van der Waals surface area contributed by atoms with Gasteiger partial charge in [0.15, 0.2) is 0 Å². The van der Waals surface area contributed by atoms with Gasteiger partial charge in [-0.05, 0) is 30.6 Å². The topological polar surface area (TPSA) is 26.3 Å². The number of hydrogen-bond acceptors (Lipinski definition) is 3. The molecule has 0 atom stereocenters. The van der Waals surface area contributed by atoms with Crippen LogP contribution in [0.3, 0.4) is 0 Å². The van der Waals surface area contributed by atoms with Crippen LogP contribution in [0.5, 0.6) is 0 Å². The number of hydrogen-bond donors (Lipinski definition) is 0. The van der Waals surface area contributed by atoms with E-state index in [9.17, 15) is 4.79 Å². The number of benzene rings is 1. The number of carbonyl (C=O) groups is 1. The fourth-order valence-electron chi connectivity index (χ4n) is 1.03. The summed E-state index contributed by atoms with van der Waals surface area (Å²) in [6.07, 6.45) is 2.96. The van der Waals surface area contributed by atoms with Crippen molar-refractivity contribution in [2.24, 2.45) is 0 Å². The molecular formula is C11H14O2S. The van der Waals surface area contributed by atoms with Crippen LogP contribution in [0, 0.1) is 0 Å². The van der Waals surface area contributed by atoms with E-state index in [0.717, 1.165) is 12.2 Å². The molecule has 0 saturated heterocycles. The molecule has 14 heavy (non-hydrogen) atoms. The van der Waals surface area contributed by atoms with E-state index in [-0.39, 0.29) is 5.97 Å². The van der Waals surface area contributed by atoms with Crippen molar-refractivity contribution in [3.63, 3.8) is 0 Å². The van der Waals surface area contributed by atoms with E-state index < -0.39 is 0 Å². The Balaban J connectivity index is 2.29. The lowest BCUT2D eigenvalue weighted by atomic mass is 10.2. The highest BCUT2D eigenvalue weighted by atomic mass is 32.2. The Labute approximate surface area is 88.7 Å². The van der Waals surface area contributed by atoms with Crippen LogP contribution >= 0.6 is 11.8 Å². The summed E-state index contributed by atoms with van der Waals surface area (Å²) in [7, 11) is 0. The molecule has 0 aliphatic carbocycles. The van der Waals surface area contributed by atoms with Crippen molar-refractivity contribution in [3.8, 4) is 0 Å². The minimum Gasteiger partial charge on any atom is -0.462 e. The second-order valence-corrected chi connectivity index (χ2v) is 3.83. The van der Waals surface area contributed by atoms with Gasteiger partial charge in [-0.15, -0.1) is 0 Å². The lowest BCUT2D eigenvalue weighted by Crippen LogP contribution is -2.06. The summed E-state index contributed by atoms with van der Waals surface area (Å²) in [5.41, 5.74) is 0.622. The molecular weight excluding hydrogens is 196 g/mol. The molecule has 76 valence electrons. The van der Waals surface area contributed by atoms with Crippen molar-refractivity contribution in [2.45, 2.75) is 6.42 Å². The molecule has 0 heterocycles. The Hall–Kier alpha value is -0.960. The van der Waals surface area contributed by atoms with Gasteiger partial charge in [-0.3, -0.25) is 0 Å². The van der Waals surface area contributed by atoms with Gasteiger partial charge in [-0.25, -0.2) is 4.79 Å². The summed E-state index contributed by atoms with van der Waals surface area (Å²) >= 11 is 1.76. The first-order chi connectivity index (χ1) is 6.84. The smallest absolute Gasteiger partial charge is 0.338 e. The van der Waals surface area contributed by atoms with Crippen molar-refractivity contribution in [3.05, 3.63) is 35.9 Å². The van der Waals surface area contributed by atoms with Crippen LogP contribution in [0.1, 0.15) is 16.8 Å². The summed E-state index contributed by atoms with van der Waals surface area (Å²) in [6.45, 7) is 0.508. The Bertz CT molecular complexity index is 272. The molecule has 0 spiro atoms. The van der Waals surface area contributed by atoms with Gasteiger partial charge in [0.05, 0.1) is 12.2 Å². The van der Waals surface area contributed by atoms with Crippen LogP contribution in [0.15, 0.2) is 30.3 Å². The van der Waals surface area contributed by atoms with Crippen LogP contribution in [-0.2, 0) is 4.74 Å². The van der Waals surface area contributed by atoms with E-state index in [1.165, 1.54) is 0 Å². The molecule has 0 N–H and O–H groups in total. The van der Waals surface area contributed by atoms with Crippen molar-refractivity contribution < 1.29 is 9.53 Å². The van der Waals surface area contributed by atoms with E-state index in [1.54, 1.807) is 23.9 Å². The third kappa shape index (κ3) is 3.83. The summed E-state index contributed by atoms with van der Waals surface area (Å²) in [5.74, 6) is 0.800. The molecule has 0 aliphatic rings. The van der Waals surface area contributed by atoms with Gasteiger partial charge in [0.25, 0.3) is 0 Å². The van der Waals surface area contributed by atoms with Crippen LogP contribution in [0.4, 0.5) is 0 Å². The minimum atomic E-state index is -0.230. The second-order valence-electron chi connectivity index (χ2n) is 2.85. The van der Waals surface area contributed by atoms with Gasteiger partial charge in [0, 0.05) is 0 Å². The summed E-state index contributed by atoms with van der Waals surface area (Å²) < 4.78 is 5.08. The predicted molar refractivity (Wildman–Crippen MR) is 59.7 cm³/mol. The van der Waals surface area contributed by atoms with Crippen LogP contribution in [-0.4, -0.2) is 24.6 Å². The molecule has 3 heteroatoms. The Kier molecular flexibility index (Phi) is 5.15. The zero-order valence-corrected chi connectivity index (χ0v) is 9.05. The number of carbonyl (C=O) groups excluding carboxylic acids is 1. The SMILES string of the molecule is CSCCCOC(=O)c1ccccc1. The van der Waals surface area contributed by atoms with Crippen LogP contribution in [0.2, 0.25) is 0 Å². The average Bonchev–Trinajstić information content (AvgIpc) is 2.25. The highest BCUT2D eigenvalue weighted by Crippen LogP contribution is 2.02. The molecule has 1 aromatic carbocycles. The maximum Gasteiger partial charge on any atom is 0.338 e. The zero-order chi connectivity index (χ0) is 10.2. The number of rotatable bonds is 5. The summed E-state index contributed by atoms with van der Waals surface area (Å²) in [4.78, 5) is 11.4. The first kappa shape index (κ1) is 11.1. The Morgan fingerprint density at radius 1 is 1.36 bits per heavy atom. The lowest BCUT2D eigenvalue weighted by Gasteiger charge is -2.03.